The van der Waals surface area contributed by atoms with E-state index in [4.69, 9.17) is 28.9 Å². The van der Waals surface area contributed by atoms with E-state index in [1.165, 1.54) is 0 Å². The lowest BCUT2D eigenvalue weighted by atomic mass is 10.2. The van der Waals surface area contributed by atoms with Crippen molar-refractivity contribution in [3.63, 3.8) is 0 Å². The van der Waals surface area contributed by atoms with Gasteiger partial charge in [0.05, 0.1) is 16.4 Å². The van der Waals surface area contributed by atoms with E-state index in [1.54, 1.807) is 12.1 Å². The number of halogens is 2. The molecule has 0 atom stereocenters. The first kappa shape index (κ1) is 17.5. The van der Waals surface area contributed by atoms with Gasteiger partial charge in [0.2, 0.25) is 5.91 Å². The third-order valence-corrected chi connectivity index (χ3v) is 4.49. The predicted octanol–water partition coefficient (Wildman–Crippen LogP) is 4.68. The lowest BCUT2D eigenvalue weighted by Gasteiger charge is -2.11. The van der Waals surface area contributed by atoms with Gasteiger partial charge in [-0.05, 0) is 36.0 Å². The molecular weight excluding hydrogens is 315 g/mol. The van der Waals surface area contributed by atoms with Crippen molar-refractivity contribution in [3.05, 3.63) is 22.2 Å². The smallest absolute Gasteiger partial charge is 0.224 e. The highest BCUT2D eigenvalue weighted by atomic mass is 35.5. The molecule has 0 unspecified atom stereocenters. The topological polar surface area (TPSA) is 55.1 Å². The van der Waals surface area contributed by atoms with E-state index >= 15 is 0 Å². The Morgan fingerprint density at radius 1 is 1.40 bits per heavy atom. The second-order valence-electron chi connectivity index (χ2n) is 4.97. The van der Waals surface area contributed by atoms with Crippen LogP contribution in [0, 0.1) is 5.92 Å². The van der Waals surface area contributed by atoms with Crippen LogP contribution < -0.4 is 11.1 Å². The maximum Gasteiger partial charge on any atom is 0.224 e. The molecule has 1 rings (SSSR count). The average Bonchev–Trinajstić information content (AvgIpc) is 2.33. The number of nitrogens with two attached hydrogens (primary N) is 1. The molecule has 112 valence electrons. The molecule has 0 saturated heterocycles. The van der Waals surface area contributed by atoms with Gasteiger partial charge in [-0.2, -0.15) is 11.8 Å². The maximum atomic E-state index is 11.8. The molecule has 0 aliphatic heterocycles. The van der Waals surface area contributed by atoms with Crippen LogP contribution in [0.4, 0.5) is 11.4 Å². The number of anilines is 2. The molecule has 1 amide bonds. The molecule has 3 nitrogen and oxygen atoms in total. The van der Waals surface area contributed by atoms with Crippen LogP contribution in [0.2, 0.25) is 10.0 Å². The first-order valence-electron chi connectivity index (χ1n) is 6.52. The minimum atomic E-state index is -0.0777. The van der Waals surface area contributed by atoms with Gasteiger partial charge in [0, 0.05) is 11.4 Å². The summed E-state index contributed by atoms with van der Waals surface area (Å²) in [5.41, 5.74) is 6.61. The van der Waals surface area contributed by atoms with Crippen LogP contribution in [0.3, 0.4) is 0 Å². The van der Waals surface area contributed by atoms with Gasteiger partial charge in [-0.1, -0.05) is 37.0 Å². The molecule has 0 bridgehead atoms. The van der Waals surface area contributed by atoms with E-state index in [9.17, 15) is 4.79 Å². The second-order valence-corrected chi connectivity index (χ2v) is 6.97. The molecule has 1 aromatic rings. The number of rotatable bonds is 7. The zero-order valence-electron chi connectivity index (χ0n) is 11.7. The largest absolute Gasteiger partial charge is 0.397 e. The lowest BCUT2D eigenvalue weighted by molar-refractivity contribution is -0.116. The van der Waals surface area contributed by atoms with Gasteiger partial charge < -0.3 is 11.1 Å². The molecular formula is C14H20Cl2N2OS. The summed E-state index contributed by atoms with van der Waals surface area (Å²) in [5.74, 6) is 2.71. The highest BCUT2D eigenvalue weighted by molar-refractivity contribution is 7.99. The molecule has 0 aliphatic rings. The van der Waals surface area contributed by atoms with Gasteiger partial charge in [0.15, 0.2) is 0 Å². The minimum absolute atomic E-state index is 0.0777. The second kappa shape index (κ2) is 8.65. The van der Waals surface area contributed by atoms with Crippen LogP contribution in [0.5, 0.6) is 0 Å². The number of nitrogens with one attached hydrogen (secondary N) is 1. The van der Waals surface area contributed by atoms with Crippen molar-refractivity contribution in [2.75, 3.05) is 22.6 Å². The molecule has 0 aliphatic carbocycles. The summed E-state index contributed by atoms with van der Waals surface area (Å²) in [7, 11) is 0. The first-order chi connectivity index (χ1) is 9.40. The van der Waals surface area contributed by atoms with Gasteiger partial charge in [0.1, 0.15) is 0 Å². The molecule has 6 heteroatoms. The highest BCUT2D eigenvalue weighted by Crippen LogP contribution is 2.32. The van der Waals surface area contributed by atoms with E-state index in [0.29, 0.717) is 33.8 Å². The minimum Gasteiger partial charge on any atom is -0.397 e. The number of carbonyl (C=O) groups is 1. The first-order valence-corrected chi connectivity index (χ1v) is 8.43. The van der Waals surface area contributed by atoms with E-state index in [0.717, 1.165) is 17.9 Å². The van der Waals surface area contributed by atoms with Crippen molar-refractivity contribution < 1.29 is 4.79 Å². The van der Waals surface area contributed by atoms with Gasteiger partial charge >= 0.3 is 0 Å². The maximum absolute atomic E-state index is 11.8. The van der Waals surface area contributed by atoms with Crippen LogP contribution in [-0.4, -0.2) is 17.4 Å². The van der Waals surface area contributed by atoms with Gasteiger partial charge in [0.25, 0.3) is 0 Å². The summed E-state index contributed by atoms with van der Waals surface area (Å²) in [6.07, 6.45) is 1.30. The van der Waals surface area contributed by atoms with Crippen LogP contribution in [0.25, 0.3) is 0 Å². The number of thioether (sulfide) groups is 1. The van der Waals surface area contributed by atoms with Crippen molar-refractivity contribution in [2.45, 2.75) is 26.7 Å². The van der Waals surface area contributed by atoms with Crippen LogP contribution in [0.15, 0.2) is 12.1 Å². The average molecular weight is 335 g/mol. The third-order valence-electron chi connectivity index (χ3n) is 2.49. The van der Waals surface area contributed by atoms with Crippen molar-refractivity contribution in [1.29, 1.82) is 0 Å². The number of amides is 1. The number of hydrogen-bond donors (Lipinski definition) is 2. The molecule has 1 aromatic carbocycles. The fourth-order valence-electron chi connectivity index (χ4n) is 1.58. The Labute approximate surface area is 134 Å². The summed E-state index contributed by atoms with van der Waals surface area (Å²) in [5, 5.41) is 3.55. The van der Waals surface area contributed by atoms with E-state index < -0.39 is 0 Å². The van der Waals surface area contributed by atoms with Gasteiger partial charge in [-0.25, -0.2) is 0 Å². The molecule has 0 heterocycles. The van der Waals surface area contributed by atoms with E-state index in [2.05, 4.69) is 19.2 Å². The number of carbonyl (C=O) groups excluding carboxylic acids is 1. The standard InChI is InChI=1S/C14H20Cl2N2OS/c1-9(2)8-20-5-3-4-13(19)18-14-11(16)6-10(15)7-12(14)17/h6-7,9H,3-5,8,17H2,1-2H3,(H,18,19). The van der Waals surface area contributed by atoms with Crippen molar-refractivity contribution in [2.24, 2.45) is 5.92 Å². The zero-order valence-corrected chi connectivity index (χ0v) is 14.0. The quantitative estimate of drug-likeness (QED) is 0.562. The van der Waals surface area contributed by atoms with E-state index in [-0.39, 0.29) is 5.91 Å². The Morgan fingerprint density at radius 3 is 2.70 bits per heavy atom. The highest BCUT2D eigenvalue weighted by Gasteiger charge is 2.10. The molecule has 0 spiro atoms. The van der Waals surface area contributed by atoms with Crippen molar-refractivity contribution in [3.8, 4) is 0 Å². The Balaban J connectivity index is 2.39. The summed E-state index contributed by atoms with van der Waals surface area (Å²) >= 11 is 13.7. The summed E-state index contributed by atoms with van der Waals surface area (Å²) in [6, 6.07) is 3.13. The Bertz CT molecular complexity index is 443. The van der Waals surface area contributed by atoms with Gasteiger partial charge in [-0.3, -0.25) is 4.79 Å². The van der Waals surface area contributed by atoms with Crippen LogP contribution in [0.1, 0.15) is 26.7 Å². The van der Waals surface area contributed by atoms with E-state index in [1.807, 2.05) is 11.8 Å². The third kappa shape index (κ3) is 6.25. The monoisotopic (exact) mass is 334 g/mol. The summed E-state index contributed by atoms with van der Waals surface area (Å²) in [4.78, 5) is 11.8. The molecule has 0 fully saturated rings. The number of hydrogen-bond acceptors (Lipinski definition) is 3. The summed E-state index contributed by atoms with van der Waals surface area (Å²) < 4.78 is 0. The van der Waals surface area contributed by atoms with Gasteiger partial charge in [-0.15, -0.1) is 0 Å². The molecule has 20 heavy (non-hydrogen) atoms. The van der Waals surface area contributed by atoms with Crippen LogP contribution >= 0.6 is 35.0 Å². The molecule has 0 radical (unpaired) electrons. The van der Waals surface area contributed by atoms with Crippen molar-refractivity contribution in [1.82, 2.24) is 0 Å². The fourth-order valence-corrected chi connectivity index (χ4v) is 3.12. The normalized spacial score (nSPS) is 10.8. The Kier molecular flexibility index (Phi) is 7.56. The van der Waals surface area contributed by atoms with Crippen molar-refractivity contribution >= 4 is 52.2 Å². The number of nitrogen functional groups attached to an aromatic ring is 1. The lowest BCUT2D eigenvalue weighted by Crippen LogP contribution is -2.13. The molecule has 0 saturated carbocycles. The fraction of sp³-hybridized carbons (Fsp3) is 0.500. The summed E-state index contributed by atoms with van der Waals surface area (Å²) in [6.45, 7) is 4.37. The zero-order chi connectivity index (χ0) is 15.1. The SMILES string of the molecule is CC(C)CSCCCC(=O)Nc1c(N)cc(Cl)cc1Cl. The Morgan fingerprint density at radius 2 is 2.10 bits per heavy atom. The predicted molar refractivity (Wildman–Crippen MR) is 90.9 cm³/mol. The molecule has 3 N–H and O–H groups in total. The van der Waals surface area contributed by atoms with Crippen LogP contribution in [-0.2, 0) is 4.79 Å². The number of benzene rings is 1. The molecule has 0 aromatic heterocycles. The Hall–Kier alpha value is -0.580.